The summed E-state index contributed by atoms with van der Waals surface area (Å²) in [4.78, 5) is 11.1. The van der Waals surface area contributed by atoms with Crippen molar-refractivity contribution in [3.05, 3.63) is 39.6 Å². The van der Waals surface area contributed by atoms with Crippen molar-refractivity contribution < 1.29 is 9.90 Å². The number of aromatic carboxylic acids is 1. The fourth-order valence-corrected chi connectivity index (χ4v) is 1.86. The fourth-order valence-electron chi connectivity index (χ4n) is 1.50. The zero-order chi connectivity index (χ0) is 12.6. The molecule has 2 rings (SSSR count). The van der Waals surface area contributed by atoms with E-state index in [1.54, 1.807) is 13.0 Å². The van der Waals surface area contributed by atoms with Gasteiger partial charge in [0.05, 0.1) is 11.4 Å². The molecule has 6 heteroatoms. The number of hydrogen-bond donors (Lipinski definition) is 1. The van der Waals surface area contributed by atoms with E-state index in [-0.39, 0.29) is 5.69 Å². The number of hydrogen-bond acceptors (Lipinski definition) is 3. The largest absolute Gasteiger partial charge is 0.476 e. The predicted octanol–water partition coefficient (Wildman–Crippen LogP) is 2.34. The van der Waals surface area contributed by atoms with Crippen molar-refractivity contribution in [1.29, 1.82) is 0 Å². The summed E-state index contributed by atoms with van der Waals surface area (Å²) in [6.45, 7) is 3.58. The highest BCUT2D eigenvalue weighted by molar-refractivity contribution is 9.10. The lowest BCUT2D eigenvalue weighted by Crippen LogP contribution is -2.09. The monoisotopic (exact) mass is 295 g/mol. The van der Waals surface area contributed by atoms with Gasteiger partial charge in [-0.05, 0) is 31.5 Å². The molecule has 0 aliphatic heterocycles. The van der Waals surface area contributed by atoms with Gasteiger partial charge in [-0.25, -0.2) is 9.48 Å². The van der Waals surface area contributed by atoms with Gasteiger partial charge in [0.25, 0.3) is 0 Å². The van der Waals surface area contributed by atoms with E-state index < -0.39 is 5.97 Å². The molecule has 2 aromatic rings. The third-order valence-corrected chi connectivity index (χ3v) is 3.30. The minimum atomic E-state index is -1.04. The maximum Gasteiger partial charge on any atom is 0.356 e. The number of aromatic nitrogens is 3. The van der Waals surface area contributed by atoms with Crippen molar-refractivity contribution in [2.24, 2.45) is 0 Å². The molecule has 0 unspecified atom stereocenters. The first-order valence-corrected chi connectivity index (χ1v) is 5.72. The van der Waals surface area contributed by atoms with Gasteiger partial charge >= 0.3 is 5.97 Å². The highest BCUT2D eigenvalue weighted by atomic mass is 79.9. The van der Waals surface area contributed by atoms with E-state index >= 15 is 0 Å². The van der Waals surface area contributed by atoms with Crippen molar-refractivity contribution in [1.82, 2.24) is 15.0 Å². The van der Waals surface area contributed by atoms with Crippen molar-refractivity contribution >= 4 is 21.9 Å². The molecule has 0 atom stereocenters. The van der Waals surface area contributed by atoms with Crippen LogP contribution in [0.2, 0.25) is 0 Å². The van der Waals surface area contributed by atoms with Crippen molar-refractivity contribution in [2.45, 2.75) is 13.8 Å². The van der Waals surface area contributed by atoms with Gasteiger partial charge in [0.2, 0.25) is 0 Å². The van der Waals surface area contributed by atoms with Crippen LogP contribution >= 0.6 is 15.9 Å². The van der Waals surface area contributed by atoms with Gasteiger partial charge in [0.15, 0.2) is 5.69 Å². The average molecular weight is 296 g/mol. The molecular weight excluding hydrogens is 286 g/mol. The Morgan fingerprint density at radius 1 is 1.41 bits per heavy atom. The van der Waals surface area contributed by atoms with Crippen LogP contribution in [-0.2, 0) is 0 Å². The summed E-state index contributed by atoms with van der Waals surface area (Å²) in [5.74, 6) is -1.04. The van der Waals surface area contributed by atoms with Crippen LogP contribution in [0.4, 0.5) is 0 Å². The highest BCUT2D eigenvalue weighted by Crippen LogP contribution is 2.21. The molecule has 0 spiro atoms. The summed E-state index contributed by atoms with van der Waals surface area (Å²) in [7, 11) is 0. The van der Waals surface area contributed by atoms with Crippen molar-refractivity contribution in [3.8, 4) is 5.69 Å². The average Bonchev–Trinajstić information content (AvgIpc) is 2.64. The van der Waals surface area contributed by atoms with Crippen LogP contribution < -0.4 is 0 Å². The number of carboxylic acid groups (broad SMARTS) is 1. The molecule has 0 fully saturated rings. The molecule has 1 aromatic carbocycles. The summed E-state index contributed by atoms with van der Waals surface area (Å²) in [6.07, 6.45) is 0. The summed E-state index contributed by atoms with van der Waals surface area (Å²) < 4.78 is 2.22. The topological polar surface area (TPSA) is 68.0 Å². The normalized spacial score (nSPS) is 10.5. The van der Waals surface area contributed by atoms with Gasteiger partial charge in [-0.15, -0.1) is 5.10 Å². The molecule has 0 saturated carbocycles. The summed E-state index contributed by atoms with van der Waals surface area (Å²) >= 11 is 3.40. The van der Waals surface area contributed by atoms with Gasteiger partial charge < -0.3 is 5.11 Å². The SMILES string of the molecule is Cc1ccc(-n2nnc(C)c2C(=O)O)cc1Br. The maximum absolute atomic E-state index is 11.1. The number of rotatable bonds is 2. The molecule has 1 heterocycles. The maximum atomic E-state index is 11.1. The number of carbonyl (C=O) groups is 1. The van der Waals surface area contributed by atoms with E-state index in [2.05, 4.69) is 26.2 Å². The predicted molar refractivity (Wildman–Crippen MR) is 65.5 cm³/mol. The van der Waals surface area contributed by atoms with Crippen LogP contribution in [-0.4, -0.2) is 26.1 Å². The van der Waals surface area contributed by atoms with Gasteiger partial charge in [-0.2, -0.15) is 0 Å². The lowest BCUT2D eigenvalue weighted by molar-refractivity contribution is 0.0686. The zero-order valence-electron chi connectivity index (χ0n) is 9.31. The van der Waals surface area contributed by atoms with Crippen LogP contribution in [0.3, 0.4) is 0 Å². The van der Waals surface area contributed by atoms with Gasteiger partial charge in [-0.3, -0.25) is 0 Å². The number of benzene rings is 1. The van der Waals surface area contributed by atoms with Crippen LogP contribution in [0.5, 0.6) is 0 Å². The lowest BCUT2D eigenvalue weighted by Gasteiger charge is -2.05. The second-order valence-electron chi connectivity index (χ2n) is 3.67. The second kappa shape index (κ2) is 4.29. The number of halogens is 1. The first kappa shape index (κ1) is 11.8. The van der Waals surface area contributed by atoms with Crippen molar-refractivity contribution in [2.75, 3.05) is 0 Å². The first-order valence-electron chi connectivity index (χ1n) is 4.93. The zero-order valence-corrected chi connectivity index (χ0v) is 10.9. The van der Waals surface area contributed by atoms with Crippen LogP contribution in [0.25, 0.3) is 5.69 Å². The molecule has 5 nitrogen and oxygen atoms in total. The fraction of sp³-hybridized carbons (Fsp3) is 0.182. The van der Waals surface area contributed by atoms with Crippen LogP contribution in [0.1, 0.15) is 21.7 Å². The van der Waals surface area contributed by atoms with Crippen LogP contribution in [0.15, 0.2) is 22.7 Å². The Balaban J connectivity index is 2.60. The molecule has 0 saturated heterocycles. The number of carboxylic acids is 1. The Morgan fingerprint density at radius 2 is 2.12 bits per heavy atom. The Hall–Kier alpha value is -1.69. The van der Waals surface area contributed by atoms with E-state index in [1.165, 1.54) is 4.68 Å². The van der Waals surface area contributed by atoms with Gasteiger partial charge in [0.1, 0.15) is 0 Å². The molecule has 1 N–H and O–H groups in total. The molecule has 88 valence electrons. The minimum Gasteiger partial charge on any atom is -0.476 e. The van der Waals surface area contributed by atoms with E-state index in [0.717, 1.165) is 10.0 Å². The standard InChI is InChI=1S/C11H10BrN3O2/c1-6-3-4-8(5-9(6)12)15-10(11(16)17)7(2)13-14-15/h3-5H,1-2H3,(H,16,17). The van der Waals surface area contributed by atoms with Crippen LogP contribution in [0, 0.1) is 13.8 Å². The Bertz CT molecular complexity index is 592. The Morgan fingerprint density at radius 3 is 2.71 bits per heavy atom. The minimum absolute atomic E-state index is 0.0840. The molecule has 1 aromatic heterocycles. The van der Waals surface area contributed by atoms with E-state index in [9.17, 15) is 4.79 Å². The van der Waals surface area contributed by atoms with E-state index in [1.807, 2.05) is 19.1 Å². The highest BCUT2D eigenvalue weighted by Gasteiger charge is 2.17. The quantitative estimate of drug-likeness (QED) is 0.923. The molecule has 17 heavy (non-hydrogen) atoms. The second-order valence-corrected chi connectivity index (χ2v) is 4.53. The van der Waals surface area contributed by atoms with Gasteiger partial charge in [0, 0.05) is 4.47 Å². The van der Waals surface area contributed by atoms with E-state index in [4.69, 9.17) is 5.11 Å². The molecule has 0 aliphatic carbocycles. The molecule has 0 amide bonds. The van der Waals surface area contributed by atoms with Crippen molar-refractivity contribution in [3.63, 3.8) is 0 Å². The van der Waals surface area contributed by atoms with E-state index in [0.29, 0.717) is 11.4 Å². The summed E-state index contributed by atoms with van der Waals surface area (Å²) in [5, 5.41) is 16.7. The third kappa shape index (κ3) is 2.08. The summed E-state index contributed by atoms with van der Waals surface area (Å²) in [5.41, 5.74) is 2.22. The molecule has 0 radical (unpaired) electrons. The first-order chi connectivity index (χ1) is 8.00. The Kier molecular flexibility index (Phi) is 2.97. The molecule has 0 aliphatic rings. The number of nitrogens with zero attached hydrogens (tertiary/aromatic N) is 3. The summed E-state index contributed by atoms with van der Waals surface area (Å²) in [6, 6.07) is 5.51. The smallest absolute Gasteiger partial charge is 0.356 e. The lowest BCUT2D eigenvalue weighted by atomic mass is 10.2. The Labute approximate surface area is 106 Å². The third-order valence-electron chi connectivity index (χ3n) is 2.44. The molecule has 0 bridgehead atoms. The molecular formula is C11H10BrN3O2. The van der Waals surface area contributed by atoms with Gasteiger partial charge in [-0.1, -0.05) is 27.2 Å². The number of aryl methyl sites for hydroxylation is 2.